The highest BCUT2D eigenvalue weighted by Gasteiger charge is 2.30. The van der Waals surface area contributed by atoms with E-state index in [1.54, 1.807) is 0 Å². The van der Waals surface area contributed by atoms with Crippen molar-refractivity contribution in [3.8, 4) is 0 Å². The van der Waals surface area contributed by atoms with Crippen LogP contribution in [0.15, 0.2) is 18.2 Å². The third kappa shape index (κ3) is 3.48. The van der Waals surface area contributed by atoms with Gasteiger partial charge >= 0.3 is 0 Å². The molecular formula is C17H27ClN2. The molecule has 2 rings (SSSR count). The molecule has 1 heterocycles. The van der Waals surface area contributed by atoms with Crippen molar-refractivity contribution in [1.29, 1.82) is 0 Å². The van der Waals surface area contributed by atoms with E-state index in [-0.39, 0.29) is 0 Å². The van der Waals surface area contributed by atoms with Crippen LogP contribution in [0.3, 0.4) is 0 Å². The number of halogens is 1. The molecule has 0 aliphatic carbocycles. The van der Waals surface area contributed by atoms with Crippen molar-refractivity contribution in [2.45, 2.75) is 71.6 Å². The van der Waals surface area contributed by atoms with Crippen LogP contribution in [0.1, 0.15) is 52.5 Å². The quantitative estimate of drug-likeness (QED) is 0.853. The Hall–Kier alpha value is -0.730. The first-order valence-electron chi connectivity index (χ1n) is 7.83. The highest BCUT2D eigenvalue weighted by molar-refractivity contribution is 6.30. The zero-order chi connectivity index (χ0) is 14.7. The Kier molecular flexibility index (Phi) is 5.34. The summed E-state index contributed by atoms with van der Waals surface area (Å²) in [6, 6.07) is 8.12. The molecule has 1 fully saturated rings. The number of benzene rings is 1. The summed E-state index contributed by atoms with van der Waals surface area (Å²) in [5.74, 6) is 0. The molecule has 0 radical (unpaired) electrons. The first kappa shape index (κ1) is 15.7. The van der Waals surface area contributed by atoms with E-state index < -0.39 is 0 Å². The lowest BCUT2D eigenvalue weighted by atomic mass is 10.1. The summed E-state index contributed by atoms with van der Waals surface area (Å²) in [7, 11) is 0. The molecule has 20 heavy (non-hydrogen) atoms. The second kappa shape index (κ2) is 6.82. The summed E-state index contributed by atoms with van der Waals surface area (Å²) in [6.45, 7) is 9.86. The molecule has 1 aliphatic rings. The molecule has 112 valence electrons. The van der Waals surface area contributed by atoms with Crippen LogP contribution in [-0.2, 0) is 6.54 Å². The molecule has 1 saturated heterocycles. The summed E-state index contributed by atoms with van der Waals surface area (Å²) >= 11 is 6.20. The minimum absolute atomic E-state index is 0.486. The zero-order valence-corrected chi connectivity index (χ0v) is 13.9. The third-order valence-corrected chi connectivity index (χ3v) is 4.51. The summed E-state index contributed by atoms with van der Waals surface area (Å²) in [5.41, 5.74) is 2.68. The van der Waals surface area contributed by atoms with Crippen LogP contribution in [0.5, 0.6) is 0 Å². The van der Waals surface area contributed by atoms with Crippen LogP contribution in [0.4, 0.5) is 5.69 Å². The van der Waals surface area contributed by atoms with Gasteiger partial charge in [-0.15, -0.1) is 0 Å². The van der Waals surface area contributed by atoms with Gasteiger partial charge in [-0.1, -0.05) is 32.4 Å². The highest BCUT2D eigenvalue weighted by Crippen LogP contribution is 2.35. The Bertz CT molecular complexity index is 445. The summed E-state index contributed by atoms with van der Waals surface area (Å²) < 4.78 is 0. The lowest BCUT2D eigenvalue weighted by Gasteiger charge is -2.32. The Morgan fingerprint density at radius 1 is 1.35 bits per heavy atom. The Morgan fingerprint density at radius 3 is 2.75 bits per heavy atom. The van der Waals surface area contributed by atoms with E-state index in [2.05, 4.69) is 50.0 Å². The molecule has 3 heteroatoms. The third-order valence-electron chi connectivity index (χ3n) is 4.28. The average Bonchev–Trinajstić information content (AvgIpc) is 2.77. The van der Waals surface area contributed by atoms with Crippen molar-refractivity contribution in [1.82, 2.24) is 5.32 Å². The van der Waals surface area contributed by atoms with E-state index in [0.29, 0.717) is 18.1 Å². The maximum Gasteiger partial charge on any atom is 0.0417 e. The molecule has 0 amide bonds. The molecular weight excluding hydrogens is 268 g/mol. The minimum atomic E-state index is 0.486. The highest BCUT2D eigenvalue weighted by atomic mass is 35.5. The Morgan fingerprint density at radius 2 is 2.10 bits per heavy atom. The normalized spacial score (nSPS) is 22.8. The number of anilines is 1. The molecule has 0 spiro atoms. The van der Waals surface area contributed by atoms with Gasteiger partial charge in [-0.3, -0.25) is 0 Å². The van der Waals surface area contributed by atoms with Crippen LogP contribution in [0.25, 0.3) is 0 Å². The molecule has 1 aromatic carbocycles. The predicted octanol–water partition coefficient (Wildman–Crippen LogP) is 4.61. The first-order chi connectivity index (χ1) is 9.52. The summed E-state index contributed by atoms with van der Waals surface area (Å²) in [4.78, 5) is 2.60. The second-order valence-electron chi connectivity index (χ2n) is 6.20. The van der Waals surface area contributed by atoms with E-state index in [4.69, 9.17) is 11.6 Å². The van der Waals surface area contributed by atoms with E-state index in [9.17, 15) is 0 Å². The molecule has 1 N–H and O–H groups in total. The van der Waals surface area contributed by atoms with E-state index in [1.165, 1.54) is 30.5 Å². The minimum Gasteiger partial charge on any atom is -0.366 e. The molecule has 1 aliphatic heterocycles. The summed E-state index contributed by atoms with van der Waals surface area (Å²) in [5, 5.41) is 4.34. The maximum atomic E-state index is 6.20. The molecule has 1 aromatic rings. The molecule has 2 atom stereocenters. The fourth-order valence-electron chi connectivity index (χ4n) is 3.17. The van der Waals surface area contributed by atoms with Crippen LogP contribution in [0, 0.1) is 0 Å². The van der Waals surface area contributed by atoms with E-state index in [1.807, 2.05) is 6.07 Å². The van der Waals surface area contributed by atoms with Crippen LogP contribution < -0.4 is 10.2 Å². The molecule has 2 unspecified atom stereocenters. The van der Waals surface area contributed by atoms with Crippen molar-refractivity contribution in [3.05, 3.63) is 28.8 Å². The lowest BCUT2D eigenvalue weighted by Crippen LogP contribution is -2.35. The van der Waals surface area contributed by atoms with Crippen LogP contribution in [0.2, 0.25) is 5.02 Å². The SMILES string of the molecule is CCC1CCC(C)N1c1ccc(Cl)cc1CNC(C)C. The van der Waals surface area contributed by atoms with Crippen molar-refractivity contribution < 1.29 is 0 Å². The van der Waals surface area contributed by atoms with Gasteiger partial charge in [0.25, 0.3) is 0 Å². The van der Waals surface area contributed by atoms with Gasteiger partial charge in [0.05, 0.1) is 0 Å². The topological polar surface area (TPSA) is 15.3 Å². The number of hydrogen-bond acceptors (Lipinski definition) is 2. The fraction of sp³-hybridized carbons (Fsp3) is 0.647. The summed E-state index contributed by atoms with van der Waals surface area (Å²) in [6.07, 6.45) is 3.81. The van der Waals surface area contributed by atoms with Gasteiger partial charge in [0.2, 0.25) is 0 Å². The van der Waals surface area contributed by atoms with Crippen molar-refractivity contribution in [2.75, 3.05) is 4.90 Å². The van der Waals surface area contributed by atoms with E-state index in [0.717, 1.165) is 11.6 Å². The van der Waals surface area contributed by atoms with Crippen molar-refractivity contribution in [2.24, 2.45) is 0 Å². The lowest BCUT2D eigenvalue weighted by molar-refractivity contribution is 0.581. The van der Waals surface area contributed by atoms with Gasteiger partial charge in [0.1, 0.15) is 0 Å². The number of nitrogens with zero attached hydrogens (tertiary/aromatic N) is 1. The van der Waals surface area contributed by atoms with E-state index >= 15 is 0 Å². The Balaban J connectivity index is 2.29. The van der Waals surface area contributed by atoms with Gasteiger partial charge in [-0.25, -0.2) is 0 Å². The number of hydrogen-bond donors (Lipinski definition) is 1. The molecule has 0 saturated carbocycles. The van der Waals surface area contributed by atoms with Crippen molar-refractivity contribution in [3.63, 3.8) is 0 Å². The van der Waals surface area contributed by atoms with Gasteiger partial charge in [0, 0.05) is 35.4 Å². The second-order valence-corrected chi connectivity index (χ2v) is 6.64. The Labute approximate surface area is 128 Å². The fourth-order valence-corrected chi connectivity index (χ4v) is 3.36. The molecule has 2 nitrogen and oxygen atoms in total. The molecule has 0 bridgehead atoms. The standard InChI is InChI=1S/C17H27ClN2/c1-5-16-8-6-13(4)20(16)17-9-7-15(18)10-14(17)11-19-12(2)3/h7,9-10,12-13,16,19H,5-6,8,11H2,1-4H3. The number of rotatable bonds is 5. The molecule has 0 aromatic heterocycles. The number of nitrogens with one attached hydrogen (secondary N) is 1. The maximum absolute atomic E-state index is 6.20. The zero-order valence-electron chi connectivity index (χ0n) is 13.1. The van der Waals surface area contributed by atoms with Crippen molar-refractivity contribution >= 4 is 17.3 Å². The van der Waals surface area contributed by atoms with Gasteiger partial charge in [0.15, 0.2) is 0 Å². The smallest absolute Gasteiger partial charge is 0.0417 e. The largest absolute Gasteiger partial charge is 0.366 e. The van der Waals surface area contributed by atoms with Gasteiger partial charge in [-0.2, -0.15) is 0 Å². The van der Waals surface area contributed by atoms with Gasteiger partial charge < -0.3 is 10.2 Å². The van der Waals surface area contributed by atoms with Crippen LogP contribution >= 0.6 is 11.6 Å². The van der Waals surface area contributed by atoms with Crippen LogP contribution in [-0.4, -0.2) is 18.1 Å². The predicted molar refractivity (Wildman–Crippen MR) is 88.7 cm³/mol. The first-order valence-corrected chi connectivity index (χ1v) is 8.20. The monoisotopic (exact) mass is 294 g/mol. The van der Waals surface area contributed by atoms with Gasteiger partial charge in [-0.05, 0) is 49.9 Å². The average molecular weight is 295 g/mol.